The van der Waals surface area contributed by atoms with Crippen LogP contribution in [0.4, 0.5) is 10.1 Å². The number of halogens is 1. The summed E-state index contributed by atoms with van der Waals surface area (Å²) in [5.74, 6) is -0.708. The van der Waals surface area contributed by atoms with Crippen molar-refractivity contribution >= 4 is 28.6 Å². The van der Waals surface area contributed by atoms with Crippen molar-refractivity contribution in [2.45, 2.75) is 6.04 Å². The number of anilines is 1. The lowest BCUT2D eigenvalue weighted by Crippen LogP contribution is -2.30. The second-order valence-corrected chi connectivity index (χ2v) is 8.03. The standard InChI is InChI=1S/C27H21FN4O3/c28-19-9-6-17(7-10-19)23(25-29-12-13-30-25)24-20-14-18(8-11-21(20)31-27(24)35)26(34)32-22(15-33)16-4-2-1-3-5-16/h1-14,22,33H,15H2,(H,29,30)(H,31,35)(H,32,34)/b24-23-/t22-/m1/s1. The third-order valence-electron chi connectivity index (χ3n) is 5.83. The molecule has 1 aromatic heterocycles. The number of fused-ring (bicyclic) bond motifs is 1. The molecule has 174 valence electrons. The fourth-order valence-corrected chi connectivity index (χ4v) is 4.14. The van der Waals surface area contributed by atoms with E-state index >= 15 is 0 Å². The van der Waals surface area contributed by atoms with Gasteiger partial charge in [0.15, 0.2) is 0 Å². The summed E-state index contributed by atoms with van der Waals surface area (Å²) in [6.07, 6.45) is 3.20. The monoisotopic (exact) mass is 468 g/mol. The molecular formula is C27H21FN4O3. The highest BCUT2D eigenvalue weighted by Crippen LogP contribution is 2.39. The van der Waals surface area contributed by atoms with Gasteiger partial charge in [0.1, 0.15) is 11.6 Å². The maximum Gasteiger partial charge on any atom is 0.257 e. The van der Waals surface area contributed by atoms with Crippen LogP contribution in [0.3, 0.4) is 0 Å². The summed E-state index contributed by atoms with van der Waals surface area (Å²) in [6.45, 7) is -0.265. The lowest BCUT2D eigenvalue weighted by molar-refractivity contribution is -0.110. The predicted octanol–water partition coefficient (Wildman–Crippen LogP) is 3.92. The molecule has 0 unspecified atom stereocenters. The third-order valence-corrected chi connectivity index (χ3v) is 5.83. The quantitative estimate of drug-likeness (QED) is 0.322. The molecule has 8 heteroatoms. The van der Waals surface area contributed by atoms with Crippen molar-refractivity contribution < 1.29 is 19.1 Å². The van der Waals surface area contributed by atoms with Crippen LogP contribution in [-0.4, -0.2) is 33.5 Å². The predicted molar refractivity (Wildman–Crippen MR) is 130 cm³/mol. The molecule has 35 heavy (non-hydrogen) atoms. The first-order valence-electron chi connectivity index (χ1n) is 11.0. The lowest BCUT2D eigenvalue weighted by Gasteiger charge is -2.17. The number of imidazole rings is 1. The van der Waals surface area contributed by atoms with E-state index in [-0.39, 0.29) is 12.5 Å². The van der Waals surface area contributed by atoms with E-state index in [9.17, 15) is 19.1 Å². The largest absolute Gasteiger partial charge is 0.394 e. The number of H-pyrrole nitrogens is 1. The molecule has 2 amide bonds. The highest BCUT2D eigenvalue weighted by molar-refractivity contribution is 6.38. The molecule has 5 rings (SSSR count). The van der Waals surface area contributed by atoms with Gasteiger partial charge in [0.2, 0.25) is 0 Å². The van der Waals surface area contributed by atoms with Crippen molar-refractivity contribution in [3.05, 3.63) is 119 Å². The highest BCUT2D eigenvalue weighted by atomic mass is 19.1. The van der Waals surface area contributed by atoms with Crippen LogP contribution >= 0.6 is 0 Å². The molecule has 0 aliphatic carbocycles. The Bertz CT molecular complexity index is 1410. The van der Waals surface area contributed by atoms with Gasteiger partial charge in [-0.25, -0.2) is 9.37 Å². The van der Waals surface area contributed by atoms with Gasteiger partial charge in [-0.2, -0.15) is 0 Å². The number of hydrogen-bond donors (Lipinski definition) is 4. The smallest absolute Gasteiger partial charge is 0.257 e. The fraction of sp³-hybridized carbons (Fsp3) is 0.0741. The Hall–Kier alpha value is -4.56. The van der Waals surface area contributed by atoms with Gasteiger partial charge in [-0.1, -0.05) is 42.5 Å². The molecule has 3 aromatic carbocycles. The normalized spacial score (nSPS) is 14.7. The van der Waals surface area contributed by atoms with E-state index < -0.39 is 17.8 Å². The first kappa shape index (κ1) is 22.2. The Morgan fingerprint density at radius 3 is 2.46 bits per heavy atom. The SMILES string of the molecule is O=C1Nc2ccc(C(=O)N[C@H](CO)c3ccccc3)cc2/C1=C(\c1ccc(F)cc1)c1ncc[nH]1. The van der Waals surface area contributed by atoms with E-state index in [2.05, 4.69) is 20.6 Å². The van der Waals surface area contributed by atoms with Crippen molar-refractivity contribution in [1.82, 2.24) is 15.3 Å². The second kappa shape index (κ2) is 9.36. The zero-order valence-corrected chi connectivity index (χ0v) is 18.5. The van der Waals surface area contributed by atoms with Crippen molar-refractivity contribution in [3.8, 4) is 0 Å². The Morgan fingerprint density at radius 2 is 1.77 bits per heavy atom. The Labute approximate surface area is 200 Å². The van der Waals surface area contributed by atoms with Crippen LogP contribution in [0, 0.1) is 5.82 Å². The summed E-state index contributed by atoms with van der Waals surface area (Å²) in [6, 6.07) is 19.3. The maximum absolute atomic E-state index is 13.6. The molecule has 7 nitrogen and oxygen atoms in total. The molecule has 1 atom stereocenters. The maximum atomic E-state index is 13.6. The minimum atomic E-state index is -0.579. The van der Waals surface area contributed by atoms with E-state index in [1.165, 1.54) is 12.1 Å². The number of aromatic amines is 1. The van der Waals surface area contributed by atoms with Gasteiger partial charge in [-0.3, -0.25) is 9.59 Å². The van der Waals surface area contributed by atoms with Gasteiger partial charge in [-0.05, 0) is 41.5 Å². The molecule has 0 spiro atoms. The number of nitrogens with zero attached hydrogens (tertiary/aromatic N) is 1. The van der Waals surface area contributed by atoms with Gasteiger partial charge >= 0.3 is 0 Å². The number of hydrogen-bond acceptors (Lipinski definition) is 4. The lowest BCUT2D eigenvalue weighted by atomic mass is 9.93. The summed E-state index contributed by atoms with van der Waals surface area (Å²) in [4.78, 5) is 33.5. The van der Waals surface area contributed by atoms with Crippen molar-refractivity contribution in [3.63, 3.8) is 0 Å². The molecule has 0 saturated carbocycles. The van der Waals surface area contributed by atoms with E-state index in [0.29, 0.717) is 39.3 Å². The van der Waals surface area contributed by atoms with E-state index in [1.54, 1.807) is 42.7 Å². The first-order chi connectivity index (χ1) is 17.0. The molecule has 1 aliphatic rings. The van der Waals surface area contributed by atoms with Gasteiger partial charge in [0.05, 0.1) is 18.2 Å². The number of aliphatic hydroxyl groups is 1. The molecular weight excluding hydrogens is 447 g/mol. The van der Waals surface area contributed by atoms with Crippen molar-refractivity contribution in [2.24, 2.45) is 0 Å². The Balaban J connectivity index is 1.57. The van der Waals surface area contributed by atoms with E-state index in [4.69, 9.17) is 0 Å². The number of aromatic nitrogens is 2. The van der Waals surface area contributed by atoms with Crippen molar-refractivity contribution in [2.75, 3.05) is 11.9 Å². The number of nitrogens with one attached hydrogen (secondary N) is 3. The average Bonchev–Trinajstić information content (AvgIpc) is 3.52. The minimum absolute atomic E-state index is 0.265. The number of rotatable bonds is 6. The molecule has 4 N–H and O–H groups in total. The van der Waals surface area contributed by atoms with Crippen LogP contribution in [-0.2, 0) is 4.79 Å². The zero-order valence-electron chi connectivity index (χ0n) is 18.5. The van der Waals surface area contributed by atoms with E-state index in [0.717, 1.165) is 5.56 Å². The number of benzene rings is 3. The number of carbonyl (C=O) groups is 2. The van der Waals surface area contributed by atoms with Gasteiger partial charge < -0.3 is 20.7 Å². The summed E-state index contributed by atoms with van der Waals surface area (Å²) in [5, 5.41) is 15.5. The topological polar surface area (TPSA) is 107 Å². The second-order valence-electron chi connectivity index (χ2n) is 8.03. The van der Waals surface area contributed by atoms with Crippen LogP contribution in [0.1, 0.15) is 38.9 Å². The van der Waals surface area contributed by atoms with Gasteiger partial charge in [-0.15, -0.1) is 0 Å². The molecule has 0 bridgehead atoms. The van der Waals surface area contributed by atoms with Crippen molar-refractivity contribution in [1.29, 1.82) is 0 Å². The molecule has 2 heterocycles. The fourth-order valence-electron chi connectivity index (χ4n) is 4.14. The van der Waals surface area contributed by atoms with Crippen LogP contribution in [0.2, 0.25) is 0 Å². The molecule has 0 fully saturated rings. The first-order valence-corrected chi connectivity index (χ1v) is 11.0. The number of carbonyl (C=O) groups excluding carboxylic acids is 2. The number of amides is 2. The number of aliphatic hydroxyl groups excluding tert-OH is 1. The summed E-state index contributed by atoms with van der Waals surface area (Å²) < 4.78 is 13.6. The van der Waals surface area contributed by atoms with Crippen LogP contribution in [0.25, 0.3) is 11.1 Å². The average molecular weight is 468 g/mol. The molecule has 0 radical (unpaired) electrons. The highest BCUT2D eigenvalue weighted by Gasteiger charge is 2.30. The van der Waals surface area contributed by atoms with Crippen LogP contribution in [0.15, 0.2) is 85.2 Å². The molecule has 4 aromatic rings. The third kappa shape index (κ3) is 4.34. The van der Waals surface area contributed by atoms with Gasteiger partial charge in [0, 0.05) is 34.8 Å². The summed E-state index contributed by atoms with van der Waals surface area (Å²) in [5.41, 5.74) is 3.58. The summed E-state index contributed by atoms with van der Waals surface area (Å²) in [7, 11) is 0. The summed E-state index contributed by atoms with van der Waals surface area (Å²) >= 11 is 0. The van der Waals surface area contributed by atoms with Gasteiger partial charge in [0.25, 0.3) is 11.8 Å². The minimum Gasteiger partial charge on any atom is -0.394 e. The molecule has 0 saturated heterocycles. The Kier molecular flexibility index (Phi) is 5.95. The Morgan fingerprint density at radius 1 is 1.03 bits per heavy atom. The zero-order chi connectivity index (χ0) is 24.4. The van der Waals surface area contributed by atoms with Crippen LogP contribution < -0.4 is 10.6 Å². The van der Waals surface area contributed by atoms with E-state index in [1.807, 2.05) is 30.3 Å². The van der Waals surface area contributed by atoms with Crippen LogP contribution in [0.5, 0.6) is 0 Å². The molecule has 1 aliphatic heterocycles.